The number of hydrogen-bond acceptors (Lipinski definition) is 2. The molecule has 0 amide bonds. The van der Waals surface area contributed by atoms with E-state index in [1.165, 1.54) is 5.56 Å². The topological polar surface area (TPSA) is 27.0 Å². The van der Waals surface area contributed by atoms with Crippen LogP contribution in [0.4, 0.5) is 0 Å². The zero-order valence-corrected chi connectivity index (χ0v) is 11.2. The summed E-state index contributed by atoms with van der Waals surface area (Å²) in [5.41, 5.74) is 1.34. The number of halogens is 1. The van der Waals surface area contributed by atoms with Gasteiger partial charge in [0.05, 0.1) is 12.0 Å². The van der Waals surface area contributed by atoms with Crippen LogP contribution in [-0.2, 0) is 6.54 Å². The van der Waals surface area contributed by atoms with E-state index in [0.717, 1.165) is 19.5 Å². The predicted octanol–water partition coefficient (Wildman–Crippen LogP) is 2.79. The number of piperidine rings is 1. The Bertz CT molecular complexity index is 439. The molecule has 2 bridgehead atoms. The van der Waals surface area contributed by atoms with Crippen LogP contribution in [0, 0.1) is 23.2 Å². The standard InChI is InChI=1S/C14H15BrN2/c15-13-12-6-11(7-16)14(13)17(9-12)8-10-4-2-1-3-5-10/h1-5,11-14H,6,8-9H2. The molecule has 17 heavy (non-hydrogen) atoms. The van der Waals surface area contributed by atoms with E-state index >= 15 is 0 Å². The second kappa shape index (κ2) is 4.44. The van der Waals surface area contributed by atoms with Crippen LogP contribution in [0.5, 0.6) is 0 Å². The summed E-state index contributed by atoms with van der Waals surface area (Å²) in [6, 6.07) is 13.4. The zero-order chi connectivity index (χ0) is 11.8. The van der Waals surface area contributed by atoms with E-state index in [9.17, 15) is 5.26 Å². The number of alkyl halides is 1. The summed E-state index contributed by atoms with van der Waals surface area (Å²) < 4.78 is 0. The monoisotopic (exact) mass is 290 g/mol. The quantitative estimate of drug-likeness (QED) is 0.783. The highest BCUT2D eigenvalue weighted by molar-refractivity contribution is 9.09. The molecule has 3 rings (SSSR count). The smallest absolute Gasteiger partial charge is 0.0672 e. The molecule has 1 saturated heterocycles. The van der Waals surface area contributed by atoms with Crippen LogP contribution in [0.2, 0.25) is 0 Å². The number of likely N-dealkylation sites (tertiary alicyclic amines) is 1. The molecule has 2 fully saturated rings. The SMILES string of the molecule is N#CC1CC2CN(Cc3ccccc3)C1C2Br. The van der Waals surface area contributed by atoms with Crippen LogP contribution >= 0.6 is 15.9 Å². The third kappa shape index (κ3) is 1.90. The van der Waals surface area contributed by atoms with E-state index in [1.807, 2.05) is 6.07 Å². The van der Waals surface area contributed by atoms with E-state index in [-0.39, 0.29) is 5.92 Å². The van der Waals surface area contributed by atoms with Gasteiger partial charge in [-0.05, 0) is 17.9 Å². The van der Waals surface area contributed by atoms with E-state index in [0.29, 0.717) is 16.8 Å². The van der Waals surface area contributed by atoms with E-state index in [2.05, 4.69) is 51.2 Å². The molecular formula is C14H15BrN2. The fourth-order valence-corrected chi connectivity index (χ4v) is 4.35. The van der Waals surface area contributed by atoms with Crippen molar-refractivity contribution in [1.82, 2.24) is 4.90 Å². The van der Waals surface area contributed by atoms with Crippen molar-refractivity contribution in [3.63, 3.8) is 0 Å². The van der Waals surface area contributed by atoms with Gasteiger partial charge in [0.15, 0.2) is 0 Å². The van der Waals surface area contributed by atoms with Crippen molar-refractivity contribution in [2.75, 3.05) is 6.54 Å². The molecule has 2 aliphatic rings. The highest BCUT2D eigenvalue weighted by atomic mass is 79.9. The Hall–Kier alpha value is -0.850. The number of rotatable bonds is 2. The fourth-order valence-electron chi connectivity index (χ4n) is 3.27. The van der Waals surface area contributed by atoms with Gasteiger partial charge in [-0.1, -0.05) is 46.3 Å². The minimum atomic E-state index is 0.210. The molecule has 4 atom stereocenters. The maximum atomic E-state index is 9.19. The van der Waals surface area contributed by atoms with Crippen LogP contribution in [-0.4, -0.2) is 22.3 Å². The lowest BCUT2D eigenvalue weighted by Crippen LogP contribution is -2.38. The molecule has 0 spiro atoms. The zero-order valence-electron chi connectivity index (χ0n) is 9.59. The van der Waals surface area contributed by atoms with Crippen LogP contribution in [0.1, 0.15) is 12.0 Å². The first-order valence-electron chi connectivity index (χ1n) is 6.11. The van der Waals surface area contributed by atoms with Crippen molar-refractivity contribution < 1.29 is 0 Å². The van der Waals surface area contributed by atoms with Crippen molar-refractivity contribution in [3.8, 4) is 6.07 Å². The van der Waals surface area contributed by atoms with Gasteiger partial charge in [-0.3, -0.25) is 4.90 Å². The number of benzene rings is 1. The van der Waals surface area contributed by atoms with Gasteiger partial charge < -0.3 is 0 Å². The second-order valence-corrected chi connectivity index (χ2v) is 6.14. The molecule has 88 valence electrons. The molecule has 1 aromatic carbocycles. The average molecular weight is 291 g/mol. The molecule has 1 saturated carbocycles. The van der Waals surface area contributed by atoms with Gasteiger partial charge in [-0.15, -0.1) is 0 Å². The van der Waals surface area contributed by atoms with Crippen molar-refractivity contribution in [1.29, 1.82) is 5.26 Å². The first kappa shape index (κ1) is 11.3. The lowest BCUT2D eigenvalue weighted by Gasteiger charge is -2.29. The third-order valence-electron chi connectivity index (χ3n) is 4.03. The van der Waals surface area contributed by atoms with Gasteiger partial charge in [0.2, 0.25) is 0 Å². The molecule has 2 nitrogen and oxygen atoms in total. The highest BCUT2D eigenvalue weighted by Crippen LogP contribution is 2.46. The van der Waals surface area contributed by atoms with Gasteiger partial charge in [-0.2, -0.15) is 5.26 Å². The van der Waals surface area contributed by atoms with Crippen molar-refractivity contribution in [3.05, 3.63) is 35.9 Å². The highest BCUT2D eigenvalue weighted by Gasteiger charge is 2.51. The Labute approximate surface area is 110 Å². The third-order valence-corrected chi connectivity index (χ3v) is 5.32. The fraction of sp³-hybridized carbons (Fsp3) is 0.500. The minimum Gasteiger partial charge on any atom is -0.293 e. The lowest BCUT2D eigenvalue weighted by atomic mass is 9.99. The Kier molecular flexibility index (Phi) is 2.94. The molecule has 1 aliphatic heterocycles. The number of hydrogen-bond donors (Lipinski definition) is 0. The Morgan fingerprint density at radius 1 is 1.35 bits per heavy atom. The predicted molar refractivity (Wildman–Crippen MR) is 70.6 cm³/mol. The summed E-state index contributed by atoms with van der Waals surface area (Å²) >= 11 is 3.77. The summed E-state index contributed by atoms with van der Waals surface area (Å²) in [6.45, 7) is 2.11. The van der Waals surface area contributed by atoms with Crippen molar-refractivity contribution in [2.45, 2.75) is 23.8 Å². The maximum absolute atomic E-state index is 9.19. The first-order valence-corrected chi connectivity index (χ1v) is 7.03. The Balaban J connectivity index is 1.76. The molecule has 1 aliphatic carbocycles. The molecule has 1 aromatic rings. The van der Waals surface area contributed by atoms with Gasteiger partial charge in [-0.25, -0.2) is 0 Å². The van der Waals surface area contributed by atoms with E-state index in [1.54, 1.807) is 0 Å². The van der Waals surface area contributed by atoms with Gasteiger partial charge in [0, 0.05) is 24.0 Å². The van der Waals surface area contributed by atoms with Gasteiger partial charge in [0.25, 0.3) is 0 Å². The molecule has 0 N–H and O–H groups in total. The number of nitrogens with zero attached hydrogens (tertiary/aromatic N) is 2. The van der Waals surface area contributed by atoms with E-state index in [4.69, 9.17) is 0 Å². The summed E-state index contributed by atoms with van der Waals surface area (Å²) in [5, 5.41) is 9.19. The van der Waals surface area contributed by atoms with Crippen LogP contribution in [0.3, 0.4) is 0 Å². The summed E-state index contributed by atoms with van der Waals surface area (Å²) in [4.78, 5) is 2.98. The Morgan fingerprint density at radius 3 is 2.76 bits per heavy atom. The van der Waals surface area contributed by atoms with Gasteiger partial charge in [0.1, 0.15) is 0 Å². The molecule has 0 aromatic heterocycles. The van der Waals surface area contributed by atoms with Crippen LogP contribution in [0.25, 0.3) is 0 Å². The van der Waals surface area contributed by atoms with Gasteiger partial charge >= 0.3 is 0 Å². The number of nitriles is 1. The molecule has 3 heteroatoms. The van der Waals surface area contributed by atoms with E-state index < -0.39 is 0 Å². The summed E-state index contributed by atoms with van der Waals surface area (Å²) in [7, 11) is 0. The largest absolute Gasteiger partial charge is 0.293 e. The molecule has 1 heterocycles. The Morgan fingerprint density at radius 2 is 2.12 bits per heavy atom. The first-order chi connectivity index (χ1) is 8.29. The van der Waals surface area contributed by atoms with Crippen molar-refractivity contribution >= 4 is 15.9 Å². The summed E-state index contributed by atoms with van der Waals surface area (Å²) in [6.07, 6.45) is 1.07. The summed E-state index contributed by atoms with van der Waals surface area (Å²) in [5.74, 6) is 0.871. The molecule has 4 unspecified atom stereocenters. The van der Waals surface area contributed by atoms with Crippen LogP contribution < -0.4 is 0 Å². The lowest BCUT2D eigenvalue weighted by molar-refractivity contribution is 0.176. The van der Waals surface area contributed by atoms with Crippen LogP contribution in [0.15, 0.2) is 30.3 Å². The molecule has 0 radical (unpaired) electrons. The average Bonchev–Trinajstić information content (AvgIpc) is 2.83. The second-order valence-electron chi connectivity index (χ2n) is 5.08. The number of fused-ring (bicyclic) bond motifs is 2. The minimum absolute atomic E-state index is 0.210. The normalized spacial score (nSPS) is 36.0. The van der Waals surface area contributed by atoms with Crippen molar-refractivity contribution in [2.24, 2.45) is 11.8 Å². The maximum Gasteiger partial charge on any atom is 0.0672 e. The molecular weight excluding hydrogens is 276 g/mol.